The summed E-state index contributed by atoms with van der Waals surface area (Å²) in [5, 5.41) is 1.49. The number of esters is 1. The number of benzene rings is 1. The maximum absolute atomic E-state index is 12.6. The van der Waals surface area contributed by atoms with Crippen LogP contribution in [0.4, 0.5) is 0 Å². The van der Waals surface area contributed by atoms with Crippen LogP contribution in [0.1, 0.15) is 28.9 Å². The van der Waals surface area contributed by atoms with Crippen molar-refractivity contribution in [2.75, 3.05) is 20.2 Å². The smallest absolute Gasteiger partial charge is 0.353 e. The third-order valence-electron chi connectivity index (χ3n) is 4.00. The molecule has 0 bridgehead atoms. The SMILES string of the molecule is COc1ccccc1OC(=O)c1cc(S(=O)(=O)N2CCCCC2)cs1. The van der Waals surface area contributed by atoms with Gasteiger partial charge in [0.15, 0.2) is 11.5 Å². The second kappa shape index (κ2) is 7.55. The first-order valence-electron chi connectivity index (χ1n) is 7.96. The highest BCUT2D eigenvalue weighted by Crippen LogP contribution is 2.29. The summed E-state index contributed by atoms with van der Waals surface area (Å²) in [5.74, 6) is 0.131. The summed E-state index contributed by atoms with van der Waals surface area (Å²) in [6.07, 6.45) is 2.78. The fourth-order valence-corrected chi connectivity index (χ4v) is 5.32. The van der Waals surface area contributed by atoms with Crippen molar-refractivity contribution in [2.24, 2.45) is 0 Å². The molecule has 0 N–H and O–H groups in total. The van der Waals surface area contributed by atoms with Crippen LogP contribution in [0.2, 0.25) is 0 Å². The molecule has 0 unspecified atom stereocenters. The first kappa shape index (κ1) is 17.9. The first-order chi connectivity index (χ1) is 12.0. The van der Waals surface area contributed by atoms with E-state index in [0.717, 1.165) is 30.6 Å². The molecule has 3 rings (SSSR count). The molecule has 1 aromatic heterocycles. The molecule has 0 amide bonds. The molecular formula is C17H19NO5S2. The van der Waals surface area contributed by atoms with Gasteiger partial charge in [-0.25, -0.2) is 13.2 Å². The van der Waals surface area contributed by atoms with Crippen LogP contribution in [0.5, 0.6) is 11.5 Å². The fraction of sp³-hybridized carbons (Fsp3) is 0.353. The summed E-state index contributed by atoms with van der Waals surface area (Å²) in [6, 6.07) is 8.18. The van der Waals surface area contributed by atoms with Crippen LogP contribution in [-0.2, 0) is 10.0 Å². The van der Waals surface area contributed by atoms with Gasteiger partial charge in [0.1, 0.15) is 4.88 Å². The zero-order valence-corrected chi connectivity index (χ0v) is 15.4. The van der Waals surface area contributed by atoms with Crippen LogP contribution in [0.15, 0.2) is 40.6 Å². The summed E-state index contributed by atoms with van der Waals surface area (Å²) in [4.78, 5) is 12.7. The predicted octanol–water partition coefficient (Wildman–Crippen LogP) is 3.15. The normalized spacial score (nSPS) is 15.7. The number of carbonyl (C=O) groups is 1. The molecule has 6 nitrogen and oxygen atoms in total. The van der Waals surface area contributed by atoms with Crippen molar-refractivity contribution in [1.29, 1.82) is 0 Å². The maximum atomic E-state index is 12.6. The van der Waals surface area contributed by atoms with Gasteiger partial charge in [0.2, 0.25) is 10.0 Å². The molecule has 0 spiro atoms. The lowest BCUT2D eigenvalue weighted by Crippen LogP contribution is -2.35. The van der Waals surface area contributed by atoms with E-state index in [9.17, 15) is 13.2 Å². The lowest BCUT2D eigenvalue weighted by atomic mass is 10.2. The Kier molecular flexibility index (Phi) is 5.41. The van der Waals surface area contributed by atoms with Crippen LogP contribution in [-0.4, -0.2) is 38.9 Å². The number of ether oxygens (including phenoxy) is 2. The van der Waals surface area contributed by atoms with E-state index < -0.39 is 16.0 Å². The summed E-state index contributed by atoms with van der Waals surface area (Å²) in [5.41, 5.74) is 0. The number of nitrogens with zero attached hydrogens (tertiary/aromatic N) is 1. The Bertz CT molecular complexity index is 853. The molecule has 2 aromatic rings. The number of carbonyl (C=O) groups excluding carboxylic acids is 1. The van der Waals surface area contributed by atoms with E-state index in [1.165, 1.54) is 22.9 Å². The third kappa shape index (κ3) is 3.86. The van der Waals surface area contributed by atoms with Gasteiger partial charge in [-0.3, -0.25) is 0 Å². The zero-order valence-electron chi connectivity index (χ0n) is 13.8. The van der Waals surface area contributed by atoms with Crippen molar-refractivity contribution < 1.29 is 22.7 Å². The van der Waals surface area contributed by atoms with E-state index in [1.54, 1.807) is 24.3 Å². The second-order valence-electron chi connectivity index (χ2n) is 5.65. The highest BCUT2D eigenvalue weighted by atomic mass is 32.2. The number of hydrogen-bond donors (Lipinski definition) is 0. The van der Waals surface area contributed by atoms with Crippen molar-refractivity contribution in [2.45, 2.75) is 24.2 Å². The number of hydrogen-bond acceptors (Lipinski definition) is 6. The van der Waals surface area contributed by atoms with Gasteiger partial charge in [-0.15, -0.1) is 11.3 Å². The Morgan fingerprint density at radius 3 is 2.48 bits per heavy atom. The molecule has 0 aliphatic carbocycles. The molecule has 1 saturated heterocycles. The number of rotatable bonds is 5. The molecule has 1 aromatic carbocycles. The van der Waals surface area contributed by atoms with Crippen molar-refractivity contribution in [3.63, 3.8) is 0 Å². The van der Waals surface area contributed by atoms with Crippen molar-refractivity contribution in [3.05, 3.63) is 40.6 Å². The van der Waals surface area contributed by atoms with Gasteiger partial charge >= 0.3 is 5.97 Å². The second-order valence-corrected chi connectivity index (χ2v) is 8.50. The van der Waals surface area contributed by atoms with Gasteiger partial charge in [-0.05, 0) is 31.0 Å². The monoisotopic (exact) mass is 381 g/mol. The molecule has 8 heteroatoms. The highest BCUT2D eigenvalue weighted by Gasteiger charge is 2.28. The van der Waals surface area contributed by atoms with Crippen molar-refractivity contribution in [1.82, 2.24) is 4.31 Å². The Morgan fingerprint density at radius 2 is 1.80 bits per heavy atom. The van der Waals surface area contributed by atoms with Crippen LogP contribution in [0.25, 0.3) is 0 Å². The average Bonchev–Trinajstić information content (AvgIpc) is 3.14. The van der Waals surface area contributed by atoms with E-state index in [1.807, 2.05) is 0 Å². The highest BCUT2D eigenvalue weighted by molar-refractivity contribution is 7.89. The number of sulfonamides is 1. The van der Waals surface area contributed by atoms with Crippen molar-refractivity contribution >= 4 is 27.3 Å². The van der Waals surface area contributed by atoms with E-state index in [4.69, 9.17) is 9.47 Å². The van der Waals surface area contributed by atoms with E-state index in [0.29, 0.717) is 24.6 Å². The lowest BCUT2D eigenvalue weighted by molar-refractivity contribution is 0.0734. The van der Waals surface area contributed by atoms with Gasteiger partial charge in [-0.1, -0.05) is 18.6 Å². The minimum Gasteiger partial charge on any atom is -0.493 e. The first-order valence-corrected chi connectivity index (χ1v) is 10.3. The Balaban J connectivity index is 1.77. The average molecular weight is 381 g/mol. The molecule has 0 radical (unpaired) electrons. The summed E-state index contributed by atoms with van der Waals surface area (Å²) < 4.78 is 37.2. The minimum atomic E-state index is -3.55. The minimum absolute atomic E-state index is 0.145. The Morgan fingerprint density at radius 1 is 1.12 bits per heavy atom. The lowest BCUT2D eigenvalue weighted by Gasteiger charge is -2.25. The maximum Gasteiger partial charge on any atom is 0.353 e. The number of para-hydroxylation sites is 2. The Hall–Kier alpha value is -1.90. The summed E-state index contributed by atoms with van der Waals surface area (Å²) in [7, 11) is -2.06. The topological polar surface area (TPSA) is 72.9 Å². The molecule has 2 heterocycles. The molecule has 1 aliphatic heterocycles. The molecule has 25 heavy (non-hydrogen) atoms. The van der Waals surface area contributed by atoms with Crippen LogP contribution in [0, 0.1) is 0 Å². The molecule has 1 fully saturated rings. The van der Waals surface area contributed by atoms with Gasteiger partial charge < -0.3 is 9.47 Å². The third-order valence-corrected chi connectivity index (χ3v) is 6.94. The van der Waals surface area contributed by atoms with Gasteiger partial charge in [-0.2, -0.15) is 4.31 Å². The summed E-state index contributed by atoms with van der Waals surface area (Å²) >= 11 is 1.06. The number of piperidine rings is 1. The standard InChI is InChI=1S/C17H19NO5S2/c1-22-14-7-3-4-8-15(14)23-17(19)16-11-13(12-24-16)25(20,21)18-9-5-2-6-10-18/h3-4,7-8,11-12H,2,5-6,9-10H2,1H3. The van der Waals surface area contributed by atoms with Crippen LogP contribution in [0.3, 0.4) is 0 Å². The van der Waals surface area contributed by atoms with Gasteiger partial charge in [0.25, 0.3) is 0 Å². The molecule has 134 valence electrons. The molecule has 1 aliphatic rings. The Labute approximate surface area is 151 Å². The number of thiophene rings is 1. The van der Waals surface area contributed by atoms with Crippen LogP contribution >= 0.6 is 11.3 Å². The van der Waals surface area contributed by atoms with Gasteiger partial charge in [0, 0.05) is 18.5 Å². The largest absolute Gasteiger partial charge is 0.493 e. The number of methoxy groups -OCH3 is 1. The van der Waals surface area contributed by atoms with Gasteiger partial charge in [0.05, 0.1) is 12.0 Å². The fourth-order valence-electron chi connectivity index (χ4n) is 2.67. The summed E-state index contributed by atoms with van der Waals surface area (Å²) in [6.45, 7) is 1.05. The van der Waals surface area contributed by atoms with E-state index in [-0.39, 0.29) is 9.77 Å². The van der Waals surface area contributed by atoms with Crippen molar-refractivity contribution in [3.8, 4) is 11.5 Å². The quantitative estimate of drug-likeness (QED) is 0.588. The zero-order chi connectivity index (χ0) is 17.9. The van der Waals surface area contributed by atoms with E-state index in [2.05, 4.69) is 0 Å². The van der Waals surface area contributed by atoms with E-state index >= 15 is 0 Å². The molecule has 0 atom stereocenters. The molecular weight excluding hydrogens is 362 g/mol. The van der Waals surface area contributed by atoms with Crippen LogP contribution < -0.4 is 9.47 Å². The molecule has 0 saturated carbocycles. The predicted molar refractivity (Wildman–Crippen MR) is 94.9 cm³/mol.